The average Bonchev–Trinajstić information content (AvgIpc) is 3.37. The number of esters is 2. The van der Waals surface area contributed by atoms with Gasteiger partial charge in [-0.25, -0.2) is 14.4 Å². The van der Waals surface area contributed by atoms with Crippen molar-refractivity contribution in [1.29, 1.82) is 0 Å². The number of fused-ring (bicyclic) bond motifs is 2. The molecule has 0 unspecified atom stereocenters. The van der Waals surface area contributed by atoms with Crippen LogP contribution in [-0.2, 0) is 20.0 Å². The van der Waals surface area contributed by atoms with E-state index in [4.69, 9.17) is 14.2 Å². The van der Waals surface area contributed by atoms with E-state index in [2.05, 4.69) is 9.97 Å². The highest BCUT2D eigenvalue weighted by Crippen LogP contribution is 2.36. The molecule has 2 N–H and O–H groups in total. The second kappa shape index (κ2) is 9.98. The van der Waals surface area contributed by atoms with Gasteiger partial charge >= 0.3 is 29.4 Å². The minimum atomic E-state index is -1.24. The number of piperidine rings is 1. The molecule has 5 rings (SSSR count). The summed E-state index contributed by atoms with van der Waals surface area (Å²) >= 11 is 0. The minimum absolute atomic E-state index is 0.198. The van der Waals surface area contributed by atoms with Crippen LogP contribution in [-0.4, -0.2) is 60.7 Å². The van der Waals surface area contributed by atoms with Gasteiger partial charge in [0.25, 0.3) is 0 Å². The first-order valence-electron chi connectivity index (χ1n) is 13.1. The van der Waals surface area contributed by atoms with Crippen molar-refractivity contribution in [1.82, 2.24) is 24.0 Å². The molecular weight excluding hydrogens is 534 g/mol. The Morgan fingerprint density at radius 3 is 1.61 bits per heavy atom. The van der Waals surface area contributed by atoms with E-state index in [1.165, 1.54) is 23.0 Å². The van der Waals surface area contributed by atoms with Crippen molar-refractivity contribution in [2.45, 2.75) is 58.7 Å². The van der Waals surface area contributed by atoms with E-state index in [-0.39, 0.29) is 37.4 Å². The normalized spacial score (nSPS) is 15.2. The van der Waals surface area contributed by atoms with Crippen LogP contribution in [0.2, 0.25) is 0 Å². The van der Waals surface area contributed by atoms with E-state index >= 15 is 0 Å². The van der Waals surface area contributed by atoms with Crippen molar-refractivity contribution in [2.24, 2.45) is 0 Å². The van der Waals surface area contributed by atoms with E-state index in [0.29, 0.717) is 22.1 Å². The van der Waals surface area contributed by atoms with Crippen LogP contribution in [0.3, 0.4) is 0 Å². The van der Waals surface area contributed by atoms with Gasteiger partial charge in [0.1, 0.15) is 22.8 Å². The Balaban J connectivity index is 1.67. The number of aromatic nitrogens is 4. The zero-order chi connectivity index (χ0) is 29.7. The third kappa shape index (κ3) is 5.22. The Labute approximate surface area is 233 Å². The Kier molecular flexibility index (Phi) is 6.76. The number of carbonyl (C=O) groups excluding carboxylic acids is 3. The molecule has 1 aliphatic heterocycles. The maximum atomic E-state index is 13.6. The smallest absolute Gasteiger partial charge is 0.410 e. The predicted octanol–water partition coefficient (Wildman–Crippen LogP) is 3.06. The quantitative estimate of drug-likeness (QED) is 0.282. The van der Waals surface area contributed by atoms with Gasteiger partial charge < -0.3 is 29.1 Å². The molecule has 1 fully saturated rings. The minimum Gasteiger partial charge on any atom is -0.444 e. The van der Waals surface area contributed by atoms with Crippen molar-refractivity contribution in [3.63, 3.8) is 0 Å². The Hall–Kier alpha value is -4.81. The highest BCUT2D eigenvalue weighted by Gasteiger charge is 2.44. The number of benzene rings is 2. The first-order valence-corrected chi connectivity index (χ1v) is 13.1. The number of carbonyl (C=O) groups is 3. The molecule has 13 heteroatoms. The molecule has 0 bridgehead atoms. The maximum absolute atomic E-state index is 13.6. The van der Waals surface area contributed by atoms with E-state index in [0.717, 1.165) is 0 Å². The lowest BCUT2D eigenvalue weighted by Gasteiger charge is -2.43. The molecule has 41 heavy (non-hydrogen) atoms. The fraction of sp³-hybridized carbons (Fsp3) is 0.393. The van der Waals surface area contributed by atoms with E-state index in [1.807, 2.05) is 0 Å². The zero-order valence-corrected chi connectivity index (χ0v) is 23.4. The molecular formula is C28H31N5O8. The fourth-order valence-corrected chi connectivity index (χ4v) is 5.39. The summed E-state index contributed by atoms with van der Waals surface area (Å²) in [6.07, 6.45) is -0.0899. The van der Waals surface area contributed by atoms with Crippen molar-refractivity contribution >= 4 is 40.1 Å². The lowest BCUT2D eigenvalue weighted by atomic mass is 9.95. The summed E-state index contributed by atoms with van der Waals surface area (Å²) in [5.74, 6) is -0.491. The summed E-state index contributed by atoms with van der Waals surface area (Å²) in [5, 5.41) is 0. The maximum Gasteiger partial charge on any atom is 0.410 e. The summed E-state index contributed by atoms with van der Waals surface area (Å²) in [5.41, 5.74) is -1.11. The molecule has 2 aromatic carbocycles. The summed E-state index contributed by atoms with van der Waals surface area (Å²) in [4.78, 5) is 70.2. The standard InChI is InChI=1S/C28H31N5O8/c1-16(34)39-18-6-8-22-20(14-18)29-24(36)32(22)28(10-12-31(13-11-28)26(38)41-27(3,4)5)33-23-9-7-19(40-17(2)35)15-21(23)30-25(33)37/h6-9,14-15H,10-13H2,1-5H3,(H,29,36)(H,30,37). The zero-order valence-electron chi connectivity index (χ0n) is 23.4. The van der Waals surface area contributed by atoms with Gasteiger partial charge in [-0.05, 0) is 45.0 Å². The van der Waals surface area contributed by atoms with Gasteiger partial charge in [0.05, 0.1) is 22.1 Å². The number of aromatic amines is 2. The van der Waals surface area contributed by atoms with Gasteiger partial charge in [-0.15, -0.1) is 0 Å². The molecule has 0 saturated carbocycles. The summed E-state index contributed by atoms with van der Waals surface area (Å²) in [6, 6.07) is 9.52. The Morgan fingerprint density at radius 1 is 0.780 bits per heavy atom. The largest absolute Gasteiger partial charge is 0.444 e. The van der Waals surface area contributed by atoms with Gasteiger partial charge in [-0.3, -0.25) is 18.7 Å². The van der Waals surface area contributed by atoms with Gasteiger partial charge in [-0.2, -0.15) is 0 Å². The SMILES string of the molecule is CC(=O)Oc1ccc2c(c1)[nH]c(=O)n2C1(n2c(=O)[nH]c3cc(OC(C)=O)ccc32)CCN(C(=O)OC(C)(C)C)CC1. The molecule has 2 aromatic heterocycles. The third-order valence-electron chi connectivity index (χ3n) is 6.88. The van der Waals surface area contributed by atoms with Crippen LogP contribution in [0.15, 0.2) is 46.0 Å². The van der Waals surface area contributed by atoms with Crippen LogP contribution < -0.4 is 20.9 Å². The van der Waals surface area contributed by atoms with Crippen LogP contribution in [0.1, 0.15) is 47.5 Å². The molecule has 0 aliphatic carbocycles. The molecule has 3 heterocycles. The fourth-order valence-electron chi connectivity index (χ4n) is 5.39. The number of amides is 1. The van der Waals surface area contributed by atoms with E-state index < -0.39 is 40.7 Å². The van der Waals surface area contributed by atoms with Gasteiger partial charge in [-0.1, -0.05) is 0 Å². The van der Waals surface area contributed by atoms with Crippen LogP contribution in [0.5, 0.6) is 11.5 Å². The molecule has 0 radical (unpaired) electrons. The number of hydrogen-bond acceptors (Lipinski definition) is 8. The molecule has 0 atom stereocenters. The van der Waals surface area contributed by atoms with Gasteiger partial charge in [0.2, 0.25) is 0 Å². The molecule has 4 aromatic rings. The topological polar surface area (TPSA) is 158 Å². The molecule has 1 saturated heterocycles. The number of nitrogens with one attached hydrogen (secondary N) is 2. The van der Waals surface area contributed by atoms with E-state index in [1.54, 1.807) is 62.1 Å². The number of H-pyrrole nitrogens is 2. The monoisotopic (exact) mass is 565 g/mol. The Morgan fingerprint density at radius 2 is 1.22 bits per heavy atom. The van der Waals surface area contributed by atoms with Crippen molar-refractivity contribution in [2.75, 3.05) is 13.1 Å². The highest BCUT2D eigenvalue weighted by molar-refractivity contribution is 5.81. The van der Waals surface area contributed by atoms with E-state index in [9.17, 15) is 24.0 Å². The molecule has 216 valence electrons. The molecule has 13 nitrogen and oxygen atoms in total. The second-order valence-corrected chi connectivity index (χ2v) is 11.0. The van der Waals surface area contributed by atoms with Crippen molar-refractivity contribution in [3.05, 3.63) is 57.4 Å². The van der Waals surface area contributed by atoms with Crippen LogP contribution >= 0.6 is 0 Å². The predicted molar refractivity (Wildman–Crippen MR) is 148 cm³/mol. The lowest BCUT2D eigenvalue weighted by Crippen LogP contribution is -2.57. The summed E-state index contributed by atoms with van der Waals surface area (Å²) in [6.45, 7) is 8.30. The summed E-state index contributed by atoms with van der Waals surface area (Å²) < 4.78 is 19.0. The van der Waals surface area contributed by atoms with Gasteiger partial charge in [0, 0.05) is 51.9 Å². The number of likely N-dealkylation sites (tertiary alicyclic amines) is 1. The third-order valence-corrected chi connectivity index (χ3v) is 6.88. The van der Waals surface area contributed by atoms with Crippen LogP contribution in [0.25, 0.3) is 22.1 Å². The number of rotatable bonds is 4. The lowest BCUT2D eigenvalue weighted by molar-refractivity contribution is -0.132. The number of ether oxygens (including phenoxy) is 3. The molecule has 0 spiro atoms. The number of hydrogen-bond donors (Lipinski definition) is 2. The highest BCUT2D eigenvalue weighted by atomic mass is 16.6. The second-order valence-electron chi connectivity index (χ2n) is 11.0. The van der Waals surface area contributed by atoms with Gasteiger partial charge in [0.15, 0.2) is 0 Å². The van der Waals surface area contributed by atoms with Crippen molar-refractivity contribution in [3.8, 4) is 11.5 Å². The Bertz CT molecular complexity index is 1680. The first kappa shape index (κ1) is 27.7. The number of imidazole rings is 2. The molecule has 1 aliphatic rings. The average molecular weight is 566 g/mol. The number of nitrogens with zero attached hydrogens (tertiary/aromatic N) is 3. The summed E-state index contributed by atoms with van der Waals surface area (Å²) in [7, 11) is 0. The molecule has 1 amide bonds. The van der Waals surface area contributed by atoms with Crippen LogP contribution in [0.4, 0.5) is 4.79 Å². The van der Waals surface area contributed by atoms with Crippen LogP contribution in [0, 0.1) is 0 Å². The first-order chi connectivity index (χ1) is 19.3. The van der Waals surface area contributed by atoms with Crippen molar-refractivity contribution < 1.29 is 28.6 Å².